The number of esters is 1. The van der Waals surface area contributed by atoms with Crippen LogP contribution in [0, 0.1) is 13.8 Å². The van der Waals surface area contributed by atoms with E-state index in [4.69, 9.17) is 9.47 Å². The number of hydrogen-bond acceptors (Lipinski definition) is 5. The molecule has 2 rings (SSSR count). The third-order valence-corrected chi connectivity index (χ3v) is 4.20. The van der Waals surface area contributed by atoms with Gasteiger partial charge in [-0.1, -0.05) is 36.2 Å². The summed E-state index contributed by atoms with van der Waals surface area (Å²) in [6, 6.07) is 5.77. The Morgan fingerprint density at radius 3 is 2.30 bits per heavy atom. The molecule has 1 aromatic heterocycles. The van der Waals surface area contributed by atoms with E-state index in [0.29, 0.717) is 29.8 Å². The van der Waals surface area contributed by atoms with E-state index >= 15 is 0 Å². The van der Waals surface area contributed by atoms with Gasteiger partial charge in [-0.25, -0.2) is 4.79 Å². The average Bonchev–Trinajstić information content (AvgIpc) is 2.57. The minimum absolute atomic E-state index is 0.0446. The van der Waals surface area contributed by atoms with E-state index in [1.54, 1.807) is 0 Å². The van der Waals surface area contributed by atoms with Crippen molar-refractivity contribution in [1.82, 2.24) is 9.55 Å². The quantitative estimate of drug-likeness (QED) is 0.752. The minimum Gasteiger partial charge on any atom is -0.451 e. The van der Waals surface area contributed by atoms with Gasteiger partial charge in [-0.2, -0.15) is 0 Å². The van der Waals surface area contributed by atoms with Gasteiger partial charge in [0.05, 0.1) is 5.69 Å². The van der Waals surface area contributed by atoms with Crippen LogP contribution in [0.1, 0.15) is 54.8 Å². The number of carbonyl (C=O) groups excluding carboxylic acids is 1. The predicted molar refractivity (Wildman–Crippen MR) is 102 cm³/mol. The standard InChI is InChI=1S/C20H26N2O5/c1-6-16-17(22(11-26-7-2)20(25)21-19(16)24)18(27-14(5)23)15-9-12(3)8-13(4)10-15/h8-10,18H,6-7,11H2,1-5H3,(H,21,24,25). The van der Waals surface area contributed by atoms with E-state index in [-0.39, 0.29) is 6.73 Å². The molecule has 2 aromatic rings. The number of nitrogens with zero attached hydrogens (tertiary/aromatic N) is 1. The van der Waals surface area contributed by atoms with Crippen molar-refractivity contribution in [3.8, 4) is 0 Å². The Bertz CT molecular complexity index is 922. The van der Waals surface area contributed by atoms with Gasteiger partial charge < -0.3 is 9.47 Å². The van der Waals surface area contributed by atoms with Crippen molar-refractivity contribution in [3.05, 3.63) is 67.0 Å². The summed E-state index contributed by atoms with van der Waals surface area (Å²) in [4.78, 5) is 39.1. The van der Waals surface area contributed by atoms with Crippen LogP contribution in [-0.2, 0) is 27.4 Å². The maximum Gasteiger partial charge on any atom is 0.330 e. The molecule has 1 N–H and O–H groups in total. The van der Waals surface area contributed by atoms with Gasteiger partial charge in [0.2, 0.25) is 0 Å². The van der Waals surface area contributed by atoms with Gasteiger partial charge in [0.15, 0.2) is 6.10 Å². The molecule has 0 saturated heterocycles. The minimum atomic E-state index is -0.883. The number of benzene rings is 1. The fourth-order valence-corrected chi connectivity index (χ4v) is 3.19. The van der Waals surface area contributed by atoms with Crippen LogP contribution in [0.5, 0.6) is 0 Å². The lowest BCUT2D eigenvalue weighted by atomic mass is 9.97. The first-order valence-corrected chi connectivity index (χ1v) is 8.97. The Hall–Kier alpha value is -2.67. The predicted octanol–water partition coefficient (Wildman–Crippen LogP) is 2.36. The van der Waals surface area contributed by atoms with Crippen LogP contribution < -0.4 is 11.2 Å². The van der Waals surface area contributed by atoms with Crippen molar-refractivity contribution in [3.63, 3.8) is 0 Å². The number of nitrogens with one attached hydrogen (secondary N) is 1. The summed E-state index contributed by atoms with van der Waals surface area (Å²) >= 11 is 0. The zero-order chi connectivity index (χ0) is 20.1. The molecular formula is C20H26N2O5. The Morgan fingerprint density at radius 2 is 1.78 bits per heavy atom. The first kappa shape index (κ1) is 20.6. The number of aromatic amines is 1. The highest BCUT2D eigenvalue weighted by atomic mass is 16.5. The molecule has 0 aliphatic heterocycles. The van der Waals surface area contributed by atoms with E-state index in [9.17, 15) is 14.4 Å². The second-order valence-corrected chi connectivity index (χ2v) is 6.44. The van der Waals surface area contributed by atoms with Crippen LogP contribution in [-0.4, -0.2) is 22.1 Å². The van der Waals surface area contributed by atoms with Crippen LogP contribution in [0.15, 0.2) is 27.8 Å². The van der Waals surface area contributed by atoms with Crippen molar-refractivity contribution in [2.45, 2.75) is 53.9 Å². The van der Waals surface area contributed by atoms with Crippen LogP contribution in [0.2, 0.25) is 0 Å². The van der Waals surface area contributed by atoms with Crippen LogP contribution in [0.4, 0.5) is 0 Å². The lowest BCUT2D eigenvalue weighted by molar-refractivity contribution is -0.145. The summed E-state index contributed by atoms with van der Waals surface area (Å²) in [7, 11) is 0. The molecular weight excluding hydrogens is 348 g/mol. The highest BCUT2D eigenvalue weighted by Crippen LogP contribution is 2.29. The summed E-state index contributed by atoms with van der Waals surface area (Å²) in [6.45, 7) is 9.16. The Morgan fingerprint density at radius 1 is 1.15 bits per heavy atom. The highest BCUT2D eigenvalue weighted by Gasteiger charge is 2.27. The molecule has 0 fully saturated rings. The Balaban J connectivity index is 2.82. The van der Waals surface area contributed by atoms with Gasteiger partial charge in [-0.05, 0) is 32.8 Å². The highest BCUT2D eigenvalue weighted by molar-refractivity contribution is 5.67. The molecule has 1 unspecified atom stereocenters. The average molecular weight is 374 g/mol. The number of carbonyl (C=O) groups is 1. The van der Waals surface area contributed by atoms with Gasteiger partial charge >= 0.3 is 11.7 Å². The zero-order valence-corrected chi connectivity index (χ0v) is 16.4. The molecule has 1 atom stereocenters. The molecule has 0 bridgehead atoms. The number of aromatic nitrogens is 2. The van der Waals surface area contributed by atoms with Crippen molar-refractivity contribution < 1.29 is 14.3 Å². The maximum absolute atomic E-state index is 12.5. The second kappa shape index (κ2) is 8.81. The second-order valence-electron chi connectivity index (χ2n) is 6.44. The van der Waals surface area contributed by atoms with E-state index in [1.807, 2.05) is 45.9 Å². The number of H-pyrrole nitrogens is 1. The van der Waals surface area contributed by atoms with E-state index < -0.39 is 23.3 Å². The Labute approximate surface area is 157 Å². The first-order valence-electron chi connectivity index (χ1n) is 8.97. The zero-order valence-electron chi connectivity index (χ0n) is 16.4. The van der Waals surface area contributed by atoms with Crippen LogP contribution in [0.3, 0.4) is 0 Å². The van der Waals surface area contributed by atoms with Crippen molar-refractivity contribution >= 4 is 5.97 Å². The molecule has 27 heavy (non-hydrogen) atoms. The number of aryl methyl sites for hydroxylation is 2. The number of hydrogen-bond donors (Lipinski definition) is 1. The van der Waals surface area contributed by atoms with Crippen molar-refractivity contribution in [2.75, 3.05) is 6.61 Å². The summed E-state index contributed by atoms with van der Waals surface area (Å²) in [6.07, 6.45) is -0.508. The van der Waals surface area contributed by atoms with Crippen LogP contribution in [0.25, 0.3) is 0 Å². The molecule has 0 aliphatic rings. The monoisotopic (exact) mass is 374 g/mol. The van der Waals surface area contributed by atoms with Gasteiger partial charge in [0, 0.05) is 19.1 Å². The molecule has 146 valence electrons. The summed E-state index contributed by atoms with van der Waals surface area (Å²) in [5.41, 5.74) is 2.34. The molecule has 0 radical (unpaired) electrons. The van der Waals surface area contributed by atoms with E-state index in [1.165, 1.54) is 11.5 Å². The molecule has 1 aromatic carbocycles. The smallest absolute Gasteiger partial charge is 0.330 e. The fourth-order valence-electron chi connectivity index (χ4n) is 3.19. The lowest BCUT2D eigenvalue weighted by Crippen LogP contribution is -2.38. The topological polar surface area (TPSA) is 90.4 Å². The molecule has 7 nitrogen and oxygen atoms in total. The maximum atomic E-state index is 12.5. The molecule has 1 heterocycles. The lowest BCUT2D eigenvalue weighted by Gasteiger charge is -2.24. The van der Waals surface area contributed by atoms with Gasteiger partial charge in [0.25, 0.3) is 5.56 Å². The number of rotatable bonds is 7. The molecule has 0 saturated carbocycles. The van der Waals surface area contributed by atoms with E-state index in [2.05, 4.69) is 4.98 Å². The summed E-state index contributed by atoms with van der Waals surface area (Å²) in [5.74, 6) is -0.503. The van der Waals surface area contributed by atoms with Gasteiger partial charge in [0.1, 0.15) is 6.73 Å². The van der Waals surface area contributed by atoms with Crippen molar-refractivity contribution in [2.24, 2.45) is 0 Å². The number of ether oxygens (including phenoxy) is 2. The van der Waals surface area contributed by atoms with E-state index in [0.717, 1.165) is 11.1 Å². The van der Waals surface area contributed by atoms with Gasteiger partial charge in [-0.3, -0.25) is 19.1 Å². The molecule has 0 aliphatic carbocycles. The molecule has 0 amide bonds. The third-order valence-electron chi connectivity index (χ3n) is 4.20. The fraction of sp³-hybridized carbons (Fsp3) is 0.450. The summed E-state index contributed by atoms with van der Waals surface area (Å²) < 4.78 is 12.3. The Kier molecular flexibility index (Phi) is 6.74. The normalized spacial score (nSPS) is 12.0. The van der Waals surface area contributed by atoms with Crippen LogP contribution >= 0.6 is 0 Å². The molecule has 0 spiro atoms. The largest absolute Gasteiger partial charge is 0.451 e. The van der Waals surface area contributed by atoms with Crippen molar-refractivity contribution in [1.29, 1.82) is 0 Å². The first-order chi connectivity index (χ1) is 12.8. The van der Waals surface area contributed by atoms with Gasteiger partial charge in [-0.15, -0.1) is 0 Å². The third kappa shape index (κ3) is 4.74. The summed E-state index contributed by atoms with van der Waals surface area (Å²) in [5, 5.41) is 0. The SMILES string of the molecule is CCOCn1c(C(OC(C)=O)c2cc(C)cc(C)c2)c(CC)c(=O)[nH]c1=O. The molecule has 7 heteroatoms.